The van der Waals surface area contributed by atoms with Gasteiger partial charge in [0.25, 0.3) is 0 Å². The highest BCUT2D eigenvalue weighted by Crippen LogP contribution is 2.30. The van der Waals surface area contributed by atoms with Crippen molar-refractivity contribution in [1.82, 2.24) is 9.80 Å². The lowest BCUT2D eigenvalue weighted by Crippen LogP contribution is -3.00. The van der Waals surface area contributed by atoms with E-state index in [0.717, 1.165) is 44.2 Å². The second-order valence-electron chi connectivity index (χ2n) is 7.75. The quantitative estimate of drug-likeness (QED) is 0.426. The van der Waals surface area contributed by atoms with Gasteiger partial charge in [0.15, 0.2) is 17.6 Å². The number of aliphatic hydroxyl groups is 1. The summed E-state index contributed by atoms with van der Waals surface area (Å²) in [6.07, 6.45) is -0.633. The second kappa shape index (κ2) is 13.1. The molecule has 1 fully saturated rings. The summed E-state index contributed by atoms with van der Waals surface area (Å²) in [5.41, 5.74) is 1.35. The van der Waals surface area contributed by atoms with E-state index in [0.29, 0.717) is 26.4 Å². The van der Waals surface area contributed by atoms with Gasteiger partial charge in [-0.05, 0) is 17.7 Å². The van der Waals surface area contributed by atoms with E-state index in [1.807, 2.05) is 24.3 Å². The van der Waals surface area contributed by atoms with Crippen molar-refractivity contribution in [3.63, 3.8) is 0 Å². The zero-order valence-corrected chi connectivity index (χ0v) is 19.0. The summed E-state index contributed by atoms with van der Waals surface area (Å²) in [6.45, 7) is 6.82. The van der Waals surface area contributed by atoms with Crippen LogP contribution in [0.2, 0.25) is 0 Å². The summed E-state index contributed by atoms with van der Waals surface area (Å²) >= 11 is 0. The van der Waals surface area contributed by atoms with Crippen molar-refractivity contribution in [2.45, 2.75) is 18.8 Å². The van der Waals surface area contributed by atoms with Gasteiger partial charge in [-0.1, -0.05) is 42.5 Å². The topological polar surface area (TPSA) is 54.4 Å². The lowest BCUT2D eigenvalue weighted by molar-refractivity contribution is -0.0322. The number of rotatable bonds is 8. The van der Waals surface area contributed by atoms with Gasteiger partial charge in [-0.15, -0.1) is 0 Å². The molecule has 0 bridgehead atoms. The molecule has 31 heavy (non-hydrogen) atoms. The summed E-state index contributed by atoms with van der Waals surface area (Å²) in [6, 6.07) is 18.2. The van der Waals surface area contributed by atoms with E-state index in [9.17, 15) is 5.11 Å². The van der Waals surface area contributed by atoms with Crippen LogP contribution in [0.4, 0.5) is 0 Å². The van der Waals surface area contributed by atoms with Crippen LogP contribution < -0.4 is 34.3 Å². The van der Waals surface area contributed by atoms with Crippen LogP contribution in [0.3, 0.4) is 0 Å². The van der Waals surface area contributed by atoms with Crippen LogP contribution in [0.15, 0.2) is 54.6 Å². The summed E-state index contributed by atoms with van der Waals surface area (Å²) in [4.78, 5) is 4.78. The van der Waals surface area contributed by atoms with Gasteiger partial charge in [0, 0.05) is 39.3 Å². The number of halogens is 2. The molecule has 2 aliphatic heterocycles. The molecule has 1 saturated heterocycles. The molecule has 8 heteroatoms. The molecule has 2 aromatic rings. The molecule has 6 nitrogen and oxygen atoms in total. The number of fused-ring (bicyclic) bond motifs is 1. The Morgan fingerprint density at radius 3 is 2.29 bits per heavy atom. The van der Waals surface area contributed by atoms with Crippen LogP contribution >= 0.6 is 0 Å². The number of piperazine rings is 1. The first-order valence-electron chi connectivity index (χ1n) is 10.4. The molecule has 2 heterocycles. The van der Waals surface area contributed by atoms with Crippen molar-refractivity contribution in [3.05, 3.63) is 60.2 Å². The van der Waals surface area contributed by atoms with E-state index in [2.05, 4.69) is 40.1 Å². The first-order valence-corrected chi connectivity index (χ1v) is 10.4. The zero-order chi connectivity index (χ0) is 19.9. The molecule has 0 saturated carbocycles. The maximum atomic E-state index is 10.3. The van der Waals surface area contributed by atoms with Crippen molar-refractivity contribution >= 4 is 0 Å². The Kier molecular flexibility index (Phi) is 10.9. The summed E-state index contributed by atoms with van der Waals surface area (Å²) < 4.78 is 17.3. The number of benzene rings is 2. The monoisotopic (exact) mass is 468 g/mol. The maximum Gasteiger partial charge on any atom is 0.161 e. The van der Waals surface area contributed by atoms with Gasteiger partial charge >= 0.3 is 0 Å². The lowest BCUT2D eigenvalue weighted by atomic mass is 10.2. The molecule has 1 N–H and O–H groups in total. The van der Waals surface area contributed by atoms with E-state index >= 15 is 0 Å². The fourth-order valence-electron chi connectivity index (χ4n) is 3.80. The molecule has 172 valence electrons. The van der Waals surface area contributed by atoms with Crippen LogP contribution in [0, 0.1) is 0 Å². The summed E-state index contributed by atoms with van der Waals surface area (Å²) in [5.74, 6) is 1.52. The van der Waals surface area contributed by atoms with Gasteiger partial charge in [-0.25, -0.2) is 0 Å². The van der Waals surface area contributed by atoms with E-state index in [1.165, 1.54) is 5.56 Å². The van der Waals surface area contributed by atoms with Crippen molar-refractivity contribution in [3.8, 4) is 11.5 Å². The van der Waals surface area contributed by atoms with Crippen LogP contribution in [-0.2, 0) is 11.3 Å². The summed E-state index contributed by atoms with van der Waals surface area (Å²) in [7, 11) is 0. The smallest absolute Gasteiger partial charge is 0.161 e. The predicted octanol–water partition coefficient (Wildman–Crippen LogP) is -3.97. The normalized spacial score (nSPS) is 19.7. The molecule has 2 aliphatic rings. The van der Waals surface area contributed by atoms with Crippen LogP contribution in [0.25, 0.3) is 0 Å². The van der Waals surface area contributed by atoms with Gasteiger partial charge in [0.05, 0.1) is 19.3 Å². The van der Waals surface area contributed by atoms with Gasteiger partial charge in [-0.2, -0.15) is 0 Å². The van der Waals surface area contributed by atoms with Gasteiger partial charge in [-0.3, -0.25) is 9.80 Å². The first kappa shape index (κ1) is 25.7. The van der Waals surface area contributed by atoms with Gasteiger partial charge in [0.1, 0.15) is 6.61 Å². The molecule has 0 aliphatic carbocycles. The minimum Gasteiger partial charge on any atom is -1.00 e. The molecule has 0 spiro atoms. The maximum absolute atomic E-state index is 10.3. The number of ether oxygens (including phenoxy) is 3. The molecule has 4 rings (SSSR count). The third-order valence-electron chi connectivity index (χ3n) is 5.36. The third kappa shape index (κ3) is 7.83. The standard InChI is InChI=1S/C23H30N2O4.2ClH/c26-20(16-27-17-21-18-28-22-8-4-5-9-23(22)29-21)15-25-12-10-24(11-13-25)14-19-6-2-1-3-7-19;;/h1-9,20-21,26H,10-18H2;2*1H/p-2. The Morgan fingerprint density at radius 2 is 1.55 bits per heavy atom. The van der Waals surface area contributed by atoms with E-state index in [4.69, 9.17) is 14.2 Å². The highest BCUT2D eigenvalue weighted by molar-refractivity contribution is 5.40. The first-order chi connectivity index (χ1) is 14.3. The molecule has 2 unspecified atom stereocenters. The van der Waals surface area contributed by atoms with Gasteiger partial charge in [0.2, 0.25) is 0 Å². The fourth-order valence-corrected chi connectivity index (χ4v) is 3.80. The van der Waals surface area contributed by atoms with Crippen LogP contribution in [0.1, 0.15) is 5.56 Å². The zero-order valence-electron chi connectivity index (χ0n) is 17.5. The van der Waals surface area contributed by atoms with E-state index in [-0.39, 0.29) is 30.9 Å². The number of hydrogen-bond donors (Lipinski definition) is 1. The number of hydrogen-bond acceptors (Lipinski definition) is 6. The highest BCUT2D eigenvalue weighted by atomic mass is 35.5. The minimum absolute atomic E-state index is 0. The molecule has 0 aromatic heterocycles. The molecule has 0 radical (unpaired) electrons. The molecular weight excluding hydrogens is 439 g/mol. The second-order valence-corrected chi connectivity index (χ2v) is 7.75. The minimum atomic E-state index is -0.493. The Bertz CT molecular complexity index is 760. The lowest BCUT2D eigenvalue weighted by Gasteiger charge is -2.35. The fraction of sp³-hybridized carbons (Fsp3) is 0.478. The SMILES string of the molecule is OC(COCC1COc2ccccc2O1)CN1CCN(Cc2ccccc2)CC1.[Cl-].[Cl-]. The Balaban J connectivity index is 0.00000171. The average molecular weight is 469 g/mol. The molecular formula is C23H30Cl2N2O4-2. The van der Waals surface area contributed by atoms with Gasteiger partial charge < -0.3 is 44.1 Å². The molecule has 0 amide bonds. The van der Waals surface area contributed by atoms with Crippen LogP contribution in [-0.4, -0.2) is 79.7 Å². The van der Waals surface area contributed by atoms with Crippen LogP contribution in [0.5, 0.6) is 11.5 Å². The highest BCUT2D eigenvalue weighted by Gasteiger charge is 2.22. The predicted molar refractivity (Wildman–Crippen MR) is 111 cm³/mol. The molecule has 2 aromatic carbocycles. The van der Waals surface area contributed by atoms with E-state index in [1.54, 1.807) is 0 Å². The number of aliphatic hydroxyl groups excluding tert-OH is 1. The van der Waals surface area contributed by atoms with Crippen molar-refractivity contribution < 1.29 is 44.1 Å². The largest absolute Gasteiger partial charge is 1.00 e. The summed E-state index contributed by atoms with van der Waals surface area (Å²) in [5, 5.41) is 10.3. The Morgan fingerprint density at radius 1 is 0.903 bits per heavy atom. The number of nitrogens with zero attached hydrogens (tertiary/aromatic N) is 2. The van der Waals surface area contributed by atoms with E-state index < -0.39 is 6.10 Å². The Labute approximate surface area is 196 Å². The molecule has 2 atom stereocenters. The number of β-amino-alcohol motifs (C(OH)–C–C–N with tert-alkyl or cyclic N) is 1. The number of para-hydroxylation sites is 2. The third-order valence-corrected chi connectivity index (χ3v) is 5.36. The van der Waals surface area contributed by atoms with Crippen molar-refractivity contribution in [1.29, 1.82) is 0 Å². The Hall–Kier alpha value is -1.54. The van der Waals surface area contributed by atoms with Crippen molar-refractivity contribution in [2.24, 2.45) is 0 Å². The van der Waals surface area contributed by atoms with Crippen molar-refractivity contribution in [2.75, 3.05) is 52.5 Å². The average Bonchev–Trinajstić information content (AvgIpc) is 2.76.